The minimum Gasteiger partial charge on any atom is -0.493 e. The van der Waals surface area contributed by atoms with Crippen LogP contribution in [-0.4, -0.2) is 39.2 Å². The third-order valence-electron chi connectivity index (χ3n) is 3.41. The molecule has 0 radical (unpaired) electrons. The Bertz CT molecular complexity index is 835. The molecule has 0 aromatic heterocycles. The van der Waals surface area contributed by atoms with E-state index in [0.29, 0.717) is 11.5 Å². The maximum Gasteiger partial charge on any atom is 0.338 e. The van der Waals surface area contributed by atoms with E-state index in [0.717, 1.165) is 0 Å². The quantitative estimate of drug-likeness (QED) is 0.637. The van der Waals surface area contributed by atoms with Gasteiger partial charge in [0.2, 0.25) is 0 Å². The van der Waals surface area contributed by atoms with Crippen LogP contribution in [-0.2, 0) is 4.74 Å². The van der Waals surface area contributed by atoms with Gasteiger partial charge in [-0.3, -0.25) is 4.79 Å². The van der Waals surface area contributed by atoms with E-state index in [4.69, 9.17) is 9.47 Å². The van der Waals surface area contributed by atoms with E-state index in [1.54, 1.807) is 37.4 Å². The molecular weight excluding hydrogens is 334 g/mol. The van der Waals surface area contributed by atoms with Crippen LogP contribution in [0.15, 0.2) is 48.5 Å². The summed E-state index contributed by atoms with van der Waals surface area (Å²) in [5, 5.41) is 2.64. The zero-order valence-electron chi connectivity index (χ0n) is 14.6. The number of carbonyl (C=O) groups is 2. The molecule has 2 aromatic rings. The van der Waals surface area contributed by atoms with Crippen molar-refractivity contribution in [2.75, 3.05) is 27.4 Å². The standard InChI is InChI=1S/C20H19NO5/c1-24-17-11-5-6-12-18(17)26-14-8-7-13-21-19(22)15-9-3-4-10-16(15)20(23)25-2/h3-6,9-12H,13-14H2,1-2H3,(H,21,22). The molecule has 1 N–H and O–H groups in total. The fourth-order valence-corrected chi connectivity index (χ4v) is 2.15. The molecule has 0 fully saturated rings. The number of nitrogens with one attached hydrogen (secondary N) is 1. The molecule has 0 aliphatic carbocycles. The molecular formula is C20H19NO5. The van der Waals surface area contributed by atoms with Crippen molar-refractivity contribution >= 4 is 11.9 Å². The summed E-state index contributed by atoms with van der Waals surface area (Å²) in [6.45, 7) is 0.290. The van der Waals surface area contributed by atoms with Gasteiger partial charge in [0.1, 0.15) is 6.61 Å². The number of hydrogen-bond acceptors (Lipinski definition) is 5. The Labute approximate surface area is 152 Å². The number of rotatable bonds is 6. The number of ether oxygens (including phenoxy) is 3. The Hall–Kier alpha value is -3.46. The summed E-state index contributed by atoms with van der Waals surface area (Å²) >= 11 is 0. The van der Waals surface area contributed by atoms with Crippen molar-refractivity contribution in [3.05, 3.63) is 59.7 Å². The van der Waals surface area contributed by atoms with Gasteiger partial charge in [-0.05, 0) is 24.3 Å². The predicted molar refractivity (Wildman–Crippen MR) is 96.4 cm³/mol. The molecule has 0 saturated carbocycles. The van der Waals surface area contributed by atoms with Crippen molar-refractivity contribution in [1.29, 1.82) is 0 Å². The largest absolute Gasteiger partial charge is 0.493 e. The maximum absolute atomic E-state index is 12.2. The number of methoxy groups -OCH3 is 2. The van der Waals surface area contributed by atoms with Crippen LogP contribution in [0.3, 0.4) is 0 Å². The predicted octanol–water partition coefficient (Wildman–Crippen LogP) is 2.29. The zero-order valence-corrected chi connectivity index (χ0v) is 14.6. The van der Waals surface area contributed by atoms with Gasteiger partial charge in [-0.2, -0.15) is 0 Å². The topological polar surface area (TPSA) is 73.9 Å². The smallest absolute Gasteiger partial charge is 0.338 e. The lowest BCUT2D eigenvalue weighted by Crippen LogP contribution is -2.25. The summed E-state index contributed by atoms with van der Waals surface area (Å²) in [6, 6.07) is 13.7. The lowest BCUT2D eigenvalue weighted by Gasteiger charge is -2.07. The average Bonchev–Trinajstić information content (AvgIpc) is 2.70. The Morgan fingerprint density at radius 2 is 1.58 bits per heavy atom. The average molecular weight is 353 g/mol. The lowest BCUT2D eigenvalue weighted by molar-refractivity contribution is 0.0596. The summed E-state index contributed by atoms with van der Waals surface area (Å²) in [4.78, 5) is 23.9. The minimum absolute atomic E-state index is 0.129. The summed E-state index contributed by atoms with van der Waals surface area (Å²) in [5.74, 6) is 5.86. The van der Waals surface area contributed by atoms with Crippen LogP contribution in [0.5, 0.6) is 11.5 Å². The van der Waals surface area contributed by atoms with Gasteiger partial charge in [-0.25, -0.2) is 4.79 Å². The van der Waals surface area contributed by atoms with Gasteiger partial charge in [-0.15, -0.1) is 0 Å². The molecule has 6 nitrogen and oxygen atoms in total. The molecule has 6 heteroatoms. The number of carbonyl (C=O) groups excluding carboxylic acids is 2. The van der Waals surface area contributed by atoms with Crippen molar-refractivity contribution in [3.8, 4) is 23.3 Å². The number of hydrogen-bond donors (Lipinski definition) is 1. The van der Waals surface area contributed by atoms with Crippen LogP contribution in [0.4, 0.5) is 0 Å². The number of benzene rings is 2. The molecule has 0 saturated heterocycles. The number of esters is 1. The van der Waals surface area contributed by atoms with E-state index >= 15 is 0 Å². The molecule has 0 heterocycles. The van der Waals surface area contributed by atoms with E-state index in [1.807, 2.05) is 12.1 Å². The van der Waals surface area contributed by atoms with Gasteiger partial charge in [0.05, 0.1) is 31.9 Å². The van der Waals surface area contributed by atoms with Gasteiger partial charge >= 0.3 is 5.97 Å². The molecule has 2 aromatic carbocycles. The van der Waals surface area contributed by atoms with Crippen molar-refractivity contribution in [1.82, 2.24) is 5.32 Å². The first-order valence-electron chi connectivity index (χ1n) is 7.84. The van der Waals surface area contributed by atoms with Crippen LogP contribution in [0.2, 0.25) is 0 Å². The van der Waals surface area contributed by atoms with Gasteiger partial charge in [0.25, 0.3) is 5.91 Å². The van der Waals surface area contributed by atoms with Gasteiger partial charge in [0.15, 0.2) is 11.5 Å². The second-order valence-corrected chi connectivity index (χ2v) is 5.01. The molecule has 0 aliphatic rings. The van der Waals surface area contributed by atoms with E-state index in [2.05, 4.69) is 21.9 Å². The Kier molecular flexibility index (Phi) is 7.07. The highest BCUT2D eigenvalue weighted by Gasteiger charge is 2.16. The SMILES string of the molecule is COC(=O)c1ccccc1C(=O)NCC#CCOc1ccccc1OC. The van der Waals surface area contributed by atoms with Crippen LogP contribution in [0, 0.1) is 11.8 Å². The molecule has 2 rings (SSSR count). The highest BCUT2D eigenvalue weighted by Crippen LogP contribution is 2.25. The number of para-hydroxylation sites is 2. The molecule has 0 bridgehead atoms. The first-order valence-corrected chi connectivity index (χ1v) is 7.84. The second kappa shape index (κ2) is 9.74. The van der Waals surface area contributed by atoms with Gasteiger partial charge < -0.3 is 19.5 Å². The fraction of sp³-hybridized carbons (Fsp3) is 0.200. The van der Waals surface area contributed by atoms with Crippen LogP contribution in [0.1, 0.15) is 20.7 Å². The Morgan fingerprint density at radius 1 is 0.923 bits per heavy atom. The highest BCUT2D eigenvalue weighted by molar-refractivity contribution is 6.05. The van der Waals surface area contributed by atoms with Gasteiger partial charge in [0, 0.05) is 0 Å². The molecule has 134 valence electrons. The van der Waals surface area contributed by atoms with E-state index in [9.17, 15) is 9.59 Å². The maximum atomic E-state index is 12.2. The van der Waals surface area contributed by atoms with Crippen molar-refractivity contribution < 1.29 is 23.8 Å². The summed E-state index contributed by atoms with van der Waals surface area (Å²) in [6.07, 6.45) is 0. The van der Waals surface area contributed by atoms with Crippen LogP contribution >= 0.6 is 0 Å². The Morgan fingerprint density at radius 3 is 2.27 bits per heavy atom. The monoisotopic (exact) mass is 353 g/mol. The van der Waals surface area contributed by atoms with Crippen molar-refractivity contribution in [3.63, 3.8) is 0 Å². The van der Waals surface area contributed by atoms with Crippen molar-refractivity contribution in [2.45, 2.75) is 0 Å². The molecule has 0 atom stereocenters. The third-order valence-corrected chi connectivity index (χ3v) is 3.41. The fourth-order valence-electron chi connectivity index (χ4n) is 2.15. The van der Waals surface area contributed by atoms with E-state index in [1.165, 1.54) is 13.2 Å². The molecule has 1 amide bonds. The highest BCUT2D eigenvalue weighted by atomic mass is 16.5. The molecule has 26 heavy (non-hydrogen) atoms. The first-order chi connectivity index (χ1) is 12.7. The third kappa shape index (κ3) is 5.02. The van der Waals surface area contributed by atoms with E-state index in [-0.39, 0.29) is 24.3 Å². The summed E-state index contributed by atoms with van der Waals surface area (Å²) in [7, 11) is 2.83. The normalized spacial score (nSPS) is 9.46. The summed E-state index contributed by atoms with van der Waals surface area (Å²) < 4.78 is 15.4. The van der Waals surface area contributed by atoms with Crippen LogP contribution < -0.4 is 14.8 Å². The molecule has 0 aliphatic heterocycles. The zero-order chi connectivity index (χ0) is 18.8. The Balaban J connectivity index is 1.86. The van der Waals surface area contributed by atoms with Gasteiger partial charge in [-0.1, -0.05) is 36.1 Å². The summed E-state index contributed by atoms with van der Waals surface area (Å²) in [5.41, 5.74) is 0.450. The van der Waals surface area contributed by atoms with E-state index < -0.39 is 11.9 Å². The van der Waals surface area contributed by atoms with Crippen molar-refractivity contribution in [2.24, 2.45) is 0 Å². The van der Waals surface area contributed by atoms with Crippen LogP contribution in [0.25, 0.3) is 0 Å². The first kappa shape index (κ1) is 18.9. The molecule has 0 unspecified atom stereocenters. The minimum atomic E-state index is -0.563. The lowest BCUT2D eigenvalue weighted by atomic mass is 10.1. The number of amides is 1. The molecule has 0 spiro atoms. The second-order valence-electron chi connectivity index (χ2n) is 5.01.